The number of benzene rings is 3. The number of rotatable bonds is 11. The summed E-state index contributed by atoms with van der Waals surface area (Å²) in [6.45, 7) is 0.281. The maximum Gasteiger partial charge on any atom is 0.326 e. The molecule has 0 saturated carbocycles. The molecule has 1 aromatic heterocycles. The van der Waals surface area contributed by atoms with Crippen LogP contribution in [0.5, 0.6) is 5.75 Å². The number of carboxylic acid groups (broad SMARTS) is 1. The van der Waals surface area contributed by atoms with Gasteiger partial charge in [0, 0.05) is 36.8 Å². The lowest BCUT2D eigenvalue weighted by Gasteiger charge is -2.26. The quantitative estimate of drug-likeness (QED) is 0.236. The van der Waals surface area contributed by atoms with Crippen molar-refractivity contribution in [1.82, 2.24) is 15.2 Å². The zero-order chi connectivity index (χ0) is 31.1. The Labute approximate surface area is 254 Å². The summed E-state index contributed by atoms with van der Waals surface area (Å²) in [5.74, 6) is -1.51. The number of carbonyl (C=O) groups is 4. The second-order valence-corrected chi connectivity index (χ2v) is 10.4. The van der Waals surface area contributed by atoms with E-state index in [1.165, 1.54) is 4.90 Å². The molecule has 0 radical (unpaired) electrons. The average Bonchev–Trinajstić information content (AvgIpc) is 3.41. The van der Waals surface area contributed by atoms with Crippen molar-refractivity contribution >= 4 is 29.4 Å². The van der Waals surface area contributed by atoms with E-state index in [4.69, 9.17) is 4.74 Å². The highest BCUT2D eigenvalue weighted by Crippen LogP contribution is 2.26. The molecule has 224 valence electrons. The Balaban J connectivity index is 1.22. The Kier molecular flexibility index (Phi) is 9.29. The highest BCUT2D eigenvalue weighted by atomic mass is 16.5. The van der Waals surface area contributed by atoms with Crippen LogP contribution in [0.2, 0.25) is 0 Å². The molecule has 10 nitrogen and oxygen atoms in total. The van der Waals surface area contributed by atoms with Gasteiger partial charge in [-0.15, -0.1) is 0 Å². The van der Waals surface area contributed by atoms with Crippen LogP contribution in [0.3, 0.4) is 0 Å². The van der Waals surface area contributed by atoms with Gasteiger partial charge in [-0.1, -0.05) is 60.7 Å². The van der Waals surface area contributed by atoms with Crippen molar-refractivity contribution < 1.29 is 29.0 Å². The van der Waals surface area contributed by atoms with Crippen molar-refractivity contribution in [2.45, 2.75) is 37.9 Å². The molecule has 0 bridgehead atoms. The number of anilines is 1. The summed E-state index contributed by atoms with van der Waals surface area (Å²) in [4.78, 5) is 56.7. The Morgan fingerprint density at radius 1 is 0.955 bits per heavy atom. The average molecular weight is 593 g/mol. The van der Waals surface area contributed by atoms with Crippen LogP contribution in [0.15, 0.2) is 97.2 Å². The largest absolute Gasteiger partial charge is 0.497 e. The molecule has 2 heterocycles. The molecule has 3 aromatic carbocycles. The predicted molar refractivity (Wildman–Crippen MR) is 164 cm³/mol. The first kappa shape index (κ1) is 30.0. The number of methoxy groups -OCH3 is 1. The minimum atomic E-state index is -1.20. The standard InChI is InChI=1S/C34H32N4O6/c1-44-26-15-11-24(12-16-26)27-8-5-19-35-31(27)33(41)36-25-13-9-22(10-14-25)20-28(34(42)43)37-32(40)29-17-18-30(39)38(29)21-23-6-3-2-4-7-23/h2-16,19,28-29H,17-18,20-21H2,1H3,(H,36,41)(H,37,40)(H,42,43)/t28-,29-/m0/s1. The van der Waals surface area contributed by atoms with Crippen LogP contribution in [-0.4, -0.2) is 57.9 Å². The van der Waals surface area contributed by atoms with E-state index in [1.54, 1.807) is 43.6 Å². The lowest BCUT2D eigenvalue weighted by molar-refractivity contribution is -0.143. The molecule has 1 saturated heterocycles. The van der Waals surface area contributed by atoms with E-state index in [0.29, 0.717) is 29.0 Å². The molecule has 1 fully saturated rings. The summed E-state index contributed by atoms with van der Waals surface area (Å²) in [6.07, 6.45) is 2.13. The van der Waals surface area contributed by atoms with E-state index >= 15 is 0 Å². The molecular formula is C34H32N4O6. The van der Waals surface area contributed by atoms with Crippen LogP contribution < -0.4 is 15.4 Å². The number of likely N-dealkylation sites (tertiary alicyclic amines) is 1. The maximum absolute atomic E-state index is 13.1. The third-order valence-electron chi connectivity index (χ3n) is 7.52. The number of nitrogens with zero attached hydrogens (tertiary/aromatic N) is 2. The van der Waals surface area contributed by atoms with Crippen molar-refractivity contribution in [3.8, 4) is 16.9 Å². The lowest BCUT2D eigenvalue weighted by Crippen LogP contribution is -2.50. The van der Waals surface area contributed by atoms with Crippen LogP contribution in [0.4, 0.5) is 5.69 Å². The molecule has 2 atom stereocenters. The fourth-order valence-corrected chi connectivity index (χ4v) is 5.19. The summed E-state index contributed by atoms with van der Waals surface area (Å²) in [5, 5.41) is 15.3. The van der Waals surface area contributed by atoms with Gasteiger partial charge in [0.05, 0.1) is 7.11 Å². The number of amides is 3. The topological polar surface area (TPSA) is 138 Å². The van der Waals surface area contributed by atoms with Crippen molar-refractivity contribution in [3.63, 3.8) is 0 Å². The molecule has 0 aliphatic carbocycles. The number of aliphatic carboxylic acids is 1. The highest BCUT2D eigenvalue weighted by Gasteiger charge is 2.37. The van der Waals surface area contributed by atoms with Gasteiger partial charge in [-0.3, -0.25) is 19.4 Å². The molecule has 0 unspecified atom stereocenters. The number of hydrogen-bond donors (Lipinski definition) is 3. The molecule has 44 heavy (non-hydrogen) atoms. The molecule has 4 aromatic rings. The molecule has 1 aliphatic rings. The molecule has 1 aliphatic heterocycles. The van der Waals surface area contributed by atoms with E-state index < -0.39 is 29.9 Å². The molecule has 10 heteroatoms. The van der Waals surface area contributed by atoms with Gasteiger partial charge in [-0.2, -0.15) is 0 Å². The van der Waals surface area contributed by atoms with Gasteiger partial charge < -0.3 is 25.4 Å². The zero-order valence-corrected chi connectivity index (χ0v) is 24.1. The van der Waals surface area contributed by atoms with Crippen LogP contribution in [0.25, 0.3) is 11.1 Å². The number of hydrogen-bond acceptors (Lipinski definition) is 6. The SMILES string of the molecule is COc1ccc(-c2cccnc2C(=O)Nc2ccc(C[C@H](NC(=O)[C@@H]3CCC(=O)N3Cc3ccccc3)C(=O)O)cc2)cc1. The van der Waals surface area contributed by atoms with Crippen molar-refractivity contribution in [3.05, 3.63) is 114 Å². The molecule has 0 spiro atoms. The normalized spacial score (nSPS) is 15.0. The Bertz CT molecular complexity index is 1640. The van der Waals surface area contributed by atoms with E-state index in [9.17, 15) is 24.3 Å². The highest BCUT2D eigenvalue weighted by molar-refractivity contribution is 6.07. The molecule has 5 rings (SSSR count). The first-order chi connectivity index (χ1) is 21.3. The maximum atomic E-state index is 13.1. The fraction of sp³-hybridized carbons (Fsp3) is 0.206. The first-order valence-corrected chi connectivity index (χ1v) is 14.2. The van der Waals surface area contributed by atoms with Gasteiger partial charge in [0.15, 0.2) is 0 Å². The van der Waals surface area contributed by atoms with Gasteiger partial charge in [0.25, 0.3) is 5.91 Å². The number of aromatic nitrogens is 1. The van der Waals surface area contributed by atoms with E-state index in [2.05, 4.69) is 15.6 Å². The summed E-state index contributed by atoms with van der Waals surface area (Å²) < 4.78 is 5.22. The number of carbonyl (C=O) groups excluding carboxylic acids is 3. The monoisotopic (exact) mass is 592 g/mol. The Morgan fingerprint density at radius 2 is 1.68 bits per heavy atom. The minimum absolute atomic E-state index is 0.0243. The van der Waals surface area contributed by atoms with E-state index in [1.807, 2.05) is 60.7 Å². The number of nitrogens with one attached hydrogen (secondary N) is 2. The number of carboxylic acids is 1. The summed E-state index contributed by atoms with van der Waals surface area (Å²) in [5.41, 5.74) is 3.77. The van der Waals surface area contributed by atoms with Crippen LogP contribution in [0, 0.1) is 0 Å². The minimum Gasteiger partial charge on any atom is -0.497 e. The van der Waals surface area contributed by atoms with Gasteiger partial charge >= 0.3 is 5.97 Å². The predicted octanol–water partition coefficient (Wildman–Crippen LogP) is 4.31. The van der Waals surface area contributed by atoms with Crippen LogP contribution >= 0.6 is 0 Å². The second-order valence-electron chi connectivity index (χ2n) is 10.4. The van der Waals surface area contributed by atoms with Crippen LogP contribution in [-0.2, 0) is 27.3 Å². The van der Waals surface area contributed by atoms with Crippen molar-refractivity contribution in [1.29, 1.82) is 0 Å². The molecule has 3 amide bonds. The Morgan fingerprint density at radius 3 is 2.36 bits per heavy atom. The second kappa shape index (κ2) is 13.6. The third kappa shape index (κ3) is 7.09. The van der Waals surface area contributed by atoms with Gasteiger partial charge in [-0.05, 0) is 53.4 Å². The van der Waals surface area contributed by atoms with E-state index in [0.717, 1.165) is 11.1 Å². The first-order valence-electron chi connectivity index (χ1n) is 14.2. The molecular weight excluding hydrogens is 560 g/mol. The summed E-state index contributed by atoms with van der Waals surface area (Å²) >= 11 is 0. The lowest BCUT2D eigenvalue weighted by atomic mass is 10.0. The van der Waals surface area contributed by atoms with Crippen molar-refractivity contribution in [2.24, 2.45) is 0 Å². The van der Waals surface area contributed by atoms with Crippen molar-refractivity contribution in [2.75, 3.05) is 12.4 Å². The number of ether oxygens (including phenoxy) is 1. The number of pyridine rings is 1. The smallest absolute Gasteiger partial charge is 0.326 e. The Hall–Kier alpha value is -5.51. The van der Waals surface area contributed by atoms with Gasteiger partial charge in [0.1, 0.15) is 23.5 Å². The van der Waals surface area contributed by atoms with Gasteiger partial charge in [0.2, 0.25) is 11.8 Å². The van der Waals surface area contributed by atoms with Gasteiger partial charge in [-0.25, -0.2) is 4.79 Å². The summed E-state index contributed by atoms with van der Waals surface area (Å²) in [6, 6.07) is 25.0. The van der Waals surface area contributed by atoms with Crippen LogP contribution in [0.1, 0.15) is 34.5 Å². The van der Waals surface area contributed by atoms with E-state index in [-0.39, 0.29) is 31.0 Å². The zero-order valence-electron chi connectivity index (χ0n) is 24.1. The molecule has 3 N–H and O–H groups in total. The summed E-state index contributed by atoms with van der Waals surface area (Å²) in [7, 11) is 1.58. The third-order valence-corrected chi connectivity index (χ3v) is 7.52. The fourth-order valence-electron chi connectivity index (χ4n) is 5.19.